The number of sulfonamides is 2. The highest BCUT2D eigenvalue weighted by atomic mass is 32.2. The zero-order chi connectivity index (χ0) is 29.6. The van der Waals surface area contributed by atoms with E-state index in [1.165, 1.54) is 33.5 Å². The number of nitrogens with zero attached hydrogens (tertiary/aromatic N) is 3. The lowest BCUT2D eigenvalue weighted by molar-refractivity contribution is -0.202. The Balaban J connectivity index is 1.31. The highest BCUT2D eigenvalue weighted by Crippen LogP contribution is 2.34. The number of thiazole rings is 1. The summed E-state index contributed by atoms with van der Waals surface area (Å²) in [6.45, 7) is -0.0568. The minimum atomic E-state index is -4.13. The van der Waals surface area contributed by atoms with Crippen LogP contribution in [0.4, 0.5) is 0 Å². The predicted octanol–water partition coefficient (Wildman–Crippen LogP) is 3.63. The van der Waals surface area contributed by atoms with Gasteiger partial charge in [0.15, 0.2) is 6.29 Å². The second kappa shape index (κ2) is 14.3. The van der Waals surface area contributed by atoms with Crippen LogP contribution in [0.25, 0.3) is 10.4 Å². The third-order valence-electron chi connectivity index (χ3n) is 6.80. The normalized spacial score (nSPS) is 20.9. The molecule has 0 aliphatic carbocycles. The smallest absolute Gasteiger partial charge is 0.263 e. The molecule has 0 spiro atoms. The molecule has 2 atom stereocenters. The largest absolute Gasteiger partial charge is 0.350 e. The quantitative estimate of drug-likeness (QED) is 0.174. The van der Waals surface area contributed by atoms with Crippen molar-refractivity contribution in [1.29, 1.82) is 0 Å². The monoisotopic (exact) mass is 672 g/mol. The highest BCUT2D eigenvalue weighted by Gasteiger charge is 2.43. The first-order valence-corrected chi connectivity index (χ1v) is 19.2. The highest BCUT2D eigenvalue weighted by molar-refractivity contribution is 8.01. The van der Waals surface area contributed by atoms with E-state index in [0.717, 1.165) is 43.3 Å². The van der Waals surface area contributed by atoms with Crippen LogP contribution in [0, 0.1) is 0 Å². The Hall–Kier alpha value is -1.89. The molecule has 5 rings (SSSR count). The number of aromatic nitrogens is 1. The lowest BCUT2D eigenvalue weighted by Gasteiger charge is -2.38. The van der Waals surface area contributed by atoms with Crippen molar-refractivity contribution < 1.29 is 31.2 Å². The summed E-state index contributed by atoms with van der Waals surface area (Å²) >= 11 is 4.08. The summed E-state index contributed by atoms with van der Waals surface area (Å²) < 4.78 is 63.0. The molecule has 4 heterocycles. The summed E-state index contributed by atoms with van der Waals surface area (Å²) in [4.78, 5) is 23.8. The number of carbonyl (C=O) groups excluding carboxylic acids is 1. The van der Waals surface area contributed by atoms with Crippen molar-refractivity contribution in [3.63, 3.8) is 0 Å². The van der Waals surface area contributed by atoms with Crippen LogP contribution in [-0.2, 0) is 34.4 Å². The van der Waals surface area contributed by atoms with Gasteiger partial charge in [-0.1, -0.05) is 42.1 Å². The molecule has 0 saturated carbocycles. The van der Waals surface area contributed by atoms with Crippen LogP contribution >= 0.6 is 34.4 Å². The van der Waals surface area contributed by atoms with Crippen molar-refractivity contribution in [3.8, 4) is 10.4 Å². The van der Waals surface area contributed by atoms with E-state index in [0.29, 0.717) is 25.2 Å². The van der Waals surface area contributed by atoms with E-state index in [2.05, 4.69) is 10.5 Å². The average molecular weight is 673 g/mol. The summed E-state index contributed by atoms with van der Waals surface area (Å²) in [5.41, 5.74) is 3.23. The molecule has 2 aromatic heterocycles. The number of carbonyl (C=O) groups is 1. The van der Waals surface area contributed by atoms with Crippen LogP contribution in [0.15, 0.2) is 62.6 Å². The van der Waals surface area contributed by atoms with Crippen LogP contribution in [0.1, 0.15) is 25.7 Å². The number of thioether (sulfide) groups is 1. The van der Waals surface area contributed by atoms with Crippen LogP contribution in [0.5, 0.6) is 0 Å². The van der Waals surface area contributed by atoms with Crippen molar-refractivity contribution >= 4 is 60.4 Å². The van der Waals surface area contributed by atoms with Gasteiger partial charge in [-0.25, -0.2) is 32.1 Å². The molecule has 1 amide bonds. The van der Waals surface area contributed by atoms with Gasteiger partial charge in [0.05, 0.1) is 5.75 Å². The van der Waals surface area contributed by atoms with Gasteiger partial charge in [0.2, 0.25) is 10.0 Å². The number of benzene rings is 1. The number of piperazine rings is 1. The molecule has 2 aliphatic heterocycles. The summed E-state index contributed by atoms with van der Waals surface area (Å²) in [5.74, 6) is -0.293. The topological polar surface area (TPSA) is 135 Å². The molecule has 2 fully saturated rings. The fourth-order valence-electron chi connectivity index (χ4n) is 4.63. The van der Waals surface area contributed by atoms with Crippen molar-refractivity contribution in [3.05, 3.63) is 54.0 Å². The maximum atomic E-state index is 13.8. The van der Waals surface area contributed by atoms with Gasteiger partial charge < -0.3 is 4.74 Å². The number of hydroxylamine groups is 1. The van der Waals surface area contributed by atoms with Crippen LogP contribution in [0.2, 0.25) is 0 Å². The van der Waals surface area contributed by atoms with Crippen LogP contribution in [-0.4, -0.2) is 86.4 Å². The molecule has 2 unspecified atom stereocenters. The molecule has 0 bridgehead atoms. The van der Waals surface area contributed by atoms with Gasteiger partial charge in [-0.05, 0) is 37.0 Å². The molecule has 2 aliphatic rings. The SMILES string of the molecule is O=C(NOC1CCCCO1)C1CN(S(=O)(=O)CCCSc2nccs2)CCN1S(=O)(=O)c1ccc(-c2ccccc2)s1. The number of hydrogen-bond donors (Lipinski definition) is 1. The standard InChI is InChI=1S/C26H32N4O7S5/c31-25(28-37-23-9-4-5-15-36-23)21-19-29(41(32,33)18-6-16-38-26-27-12-17-39-26)13-14-30(21)42(34,35)24-11-10-22(40-24)20-7-2-1-3-8-20/h1-3,7-8,10-12,17,21,23H,4-6,9,13-16,18-19H2,(H,28,31). The zero-order valence-electron chi connectivity index (χ0n) is 22.7. The Morgan fingerprint density at radius 3 is 2.69 bits per heavy atom. The molecule has 1 aromatic carbocycles. The first kappa shape index (κ1) is 31.5. The maximum Gasteiger partial charge on any atom is 0.263 e. The predicted molar refractivity (Wildman–Crippen MR) is 163 cm³/mol. The summed E-state index contributed by atoms with van der Waals surface area (Å²) in [6, 6.07) is 11.3. The fourth-order valence-corrected chi connectivity index (χ4v) is 11.0. The van der Waals surface area contributed by atoms with E-state index >= 15 is 0 Å². The van der Waals surface area contributed by atoms with Crippen LogP contribution in [0.3, 0.4) is 0 Å². The van der Waals surface area contributed by atoms with Gasteiger partial charge in [-0.15, -0.1) is 22.7 Å². The third-order valence-corrected chi connectivity index (χ3v) is 14.3. The molecule has 0 radical (unpaired) electrons. The molecule has 1 N–H and O–H groups in total. The summed E-state index contributed by atoms with van der Waals surface area (Å²) in [5, 5.41) is 1.86. The van der Waals surface area contributed by atoms with Gasteiger partial charge in [-0.3, -0.25) is 4.79 Å². The molecular weight excluding hydrogens is 641 g/mol. The van der Waals surface area contributed by atoms with Crippen molar-refractivity contribution in [1.82, 2.24) is 19.1 Å². The van der Waals surface area contributed by atoms with Crippen molar-refractivity contribution in [2.75, 3.05) is 37.7 Å². The van der Waals surface area contributed by atoms with Gasteiger partial charge in [-0.2, -0.15) is 8.61 Å². The molecular formula is C26H32N4O7S5. The average Bonchev–Trinajstić information content (AvgIpc) is 3.72. The molecule has 228 valence electrons. The maximum absolute atomic E-state index is 13.8. The first-order chi connectivity index (χ1) is 20.2. The lowest BCUT2D eigenvalue weighted by atomic mass is 10.2. The van der Waals surface area contributed by atoms with E-state index in [4.69, 9.17) is 9.57 Å². The van der Waals surface area contributed by atoms with Gasteiger partial charge in [0, 0.05) is 54.9 Å². The van der Waals surface area contributed by atoms with E-state index in [1.54, 1.807) is 12.3 Å². The minimum absolute atomic E-state index is 0.0610. The second-order valence-electron chi connectivity index (χ2n) is 9.67. The molecule has 2 saturated heterocycles. The Kier molecular flexibility index (Phi) is 10.7. The van der Waals surface area contributed by atoms with Gasteiger partial charge >= 0.3 is 0 Å². The Morgan fingerprint density at radius 1 is 1.12 bits per heavy atom. The summed E-state index contributed by atoms with van der Waals surface area (Å²) in [6.07, 6.45) is 3.80. The number of rotatable bonds is 12. The van der Waals surface area contributed by atoms with E-state index in [9.17, 15) is 21.6 Å². The number of nitrogens with one attached hydrogen (secondary N) is 1. The lowest BCUT2D eigenvalue weighted by Crippen LogP contribution is -2.61. The van der Waals surface area contributed by atoms with Gasteiger partial charge in [0.25, 0.3) is 15.9 Å². The number of hydrogen-bond acceptors (Lipinski definition) is 11. The minimum Gasteiger partial charge on any atom is -0.350 e. The molecule has 3 aromatic rings. The Morgan fingerprint density at radius 2 is 1.95 bits per heavy atom. The zero-order valence-corrected chi connectivity index (χ0v) is 26.7. The first-order valence-electron chi connectivity index (χ1n) is 13.5. The van der Waals surface area contributed by atoms with E-state index in [-0.39, 0.29) is 29.6 Å². The van der Waals surface area contributed by atoms with E-state index in [1.807, 2.05) is 35.7 Å². The van der Waals surface area contributed by atoms with E-state index < -0.39 is 38.3 Å². The number of ether oxygens (including phenoxy) is 1. The Labute approximate surface area is 258 Å². The van der Waals surface area contributed by atoms with Crippen molar-refractivity contribution in [2.24, 2.45) is 0 Å². The molecule has 16 heteroatoms. The van der Waals surface area contributed by atoms with Gasteiger partial charge in [0.1, 0.15) is 14.6 Å². The van der Waals surface area contributed by atoms with Crippen molar-refractivity contribution in [2.45, 2.75) is 46.6 Å². The third kappa shape index (κ3) is 7.78. The summed E-state index contributed by atoms with van der Waals surface area (Å²) in [7, 11) is -7.88. The number of thiophene rings is 1. The molecule has 42 heavy (non-hydrogen) atoms. The second-order valence-corrected chi connectivity index (χ2v) is 17.2. The molecule has 11 nitrogen and oxygen atoms in total. The van der Waals surface area contributed by atoms with Crippen LogP contribution < -0.4 is 5.48 Å². The Bertz CT molecular complexity index is 1530. The fraction of sp³-hybridized carbons (Fsp3) is 0.462. The number of amides is 1.